The lowest BCUT2D eigenvalue weighted by Crippen LogP contribution is -2.56. The number of halogens is 1. The second-order valence-electron chi connectivity index (χ2n) is 10.5. The molecule has 3 amide bonds. The molecule has 2 saturated heterocycles. The van der Waals surface area contributed by atoms with Gasteiger partial charge in [-0.3, -0.25) is 24.6 Å². The van der Waals surface area contributed by atoms with Crippen LogP contribution in [0.1, 0.15) is 81.2 Å². The average Bonchev–Trinajstić information content (AvgIpc) is 3.11. The van der Waals surface area contributed by atoms with E-state index in [4.69, 9.17) is 18.4 Å². The minimum Gasteiger partial charge on any atom is -0.381 e. The van der Waals surface area contributed by atoms with Crippen molar-refractivity contribution in [2.75, 3.05) is 18.4 Å². The van der Waals surface area contributed by atoms with Gasteiger partial charge in [-0.05, 0) is 63.9 Å². The maximum atomic E-state index is 15.3. The van der Waals surface area contributed by atoms with Crippen molar-refractivity contribution in [1.29, 1.82) is 0 Å². The zero-order valence-corrected chi connectivity index (χ0v) is 21.4. The van der Waals surface area contributed by atoms with Crippen LogP contribution < -0.4 is 10.6 Å². The molecule has 5 rings (SSSR count). The van der Waals surface area contributed by atoms with Crippen LogP contribution in [-0.2, 0) is 33.8 Å². The number of imide groups is 1. The fraction of sp³-hybridized carbons (Fsp3) is 0.483. The first-order chi connectivity index (χ1) is 21.7. The molecule has 9 heteroatoms. The Bertz CT molecular complexity index is 1700. The number of nitrogens with zero attached hydrogens (tertiary/aromatic N) is 2. The summed E-state index contributed by atoms with van der Waals surface area (Å²) in [7, 11) is 0. The van der Waals surface area contributed by atoms with Gasteiger partial charge in [0.1, 0.15) is 11.9 Å². The number of piperidine rings is 1. The summed E-state index contributed by atoms with van der Waals surface area (Å²) in [6, 6.07) is 4.27. The predicted octanol–water partition coefficient (Wildman–Crippen LogP) is 3.59. The number of morpholine rings is 1. The Hall–Kier alpha value is -3.30. The fourth-order valence-corrected chi connectivity index (χ4v) is 4.91. The van der Waals surface area contributed by atoms with Gasteiger partial charge in [-0.15, -0.1) is 0 Å². The van der Waals surface area contributed by atoms with E-state index in [1.807, 2.05) is 27.7 Å². The smallest absolute Gasteiger partial charge is 0.255 e. The summed E-state index contributed by atoms with van der Waals surface area (Å²) in [5.74, 6) is -5.33. The Labute approximate surface area is 236 Å². The zero-order valence-electron chi connectivity index (χ0n) is 31.4. The van der Waals surface area contributed by atoms with Crippen molar-refractivity contribution in [3.63, 3.8) is 0 Å². The standard InChI is InChI=1S/C29H35FN4O4/c1-28(2)16-33(17-29(3,4)38-28)14-18-8-9-22(30)19(12-18)13-31-23-7-5-6-20-21(23)15-34(27(20)37)24-10-11-25(35)32-26(24)36/h5-9,12,24,31H,10-11,13-17H2,1-4H3,(H,32,35,36)/i10D2,11D2,13D2,14D2,15D2. The Balaban J connectivity index is 1.52. The predicted molar refractivity (Wildman–Crippen MR) is 141 cm³/mol. The average molecular weight is 533 g/mol. The van der Waals surface area contributed by atoms with Crippen LogP contribution in [0.25, 0.3) is 0 Å². The fourth-order valence-electron chi connectivity index (χ4n) is 4.91. The second-order valence-corrected chi connectivity index (χ2v) is 10.5. The third kappa shape index (κ3) is 5.44. The molecular formula is C29H35FN4O4. The van der Waals surface area contributed by atoms with E-state index in [1.54, 1.807) is 5.32 Å². The minimum atomic E-state index is -3.38. The highest BCUT2D eigenvalue weighted by molar-refractivity contribution is 6.06. The lowest BCUT2D eigenvalue weighted by Gasteiger charge is -2.47. The monoisotopic (exact) mass is 532 g/mol. The summed E-state index contributed by atoms with van der Waals surface area (Å²) in [6.07, 6.45) is -6.72. The Morgan fingerprint density at radius 1 is 1.16 bits per heavy atom. The molecule has 1 unspecified atom stereocenters. The molecule has 0 aliphatic carbocycles. The van der Waals surface area contributed by atoms with Crippen LogP contribution in [0.2, 0.25) is 0 Å². The van der Waals surface area contributed by atoms with E-state index in [-0.39, 0.29) is 29.2 Å². The summed E-state index contributed by atoms with van der Waals surface area (Å²) in [5.41, 5.74) is -3.49. The first-order valence-corrected chi connectivity index (χ1v) is 12.0. The van der Waals surface area contributed by atoms with Gasteiger partial charge in [0.2, 0.25) is 11.8 Å². The van der Waals surface area contributed by atoms with Crippen molar-refractivity contribution < 1.29 is 37.2 Å². The molecule has 3 aliphatic rings. The number of carbonyl (C=O) groups is 3. The number of hydrogen-bond acceptors (Lipinski definition) is 6. The third-order valence-electron chi connectivity index (χ3n) is 6.09. The van der Waals surface area contributed by atoms with Crippen LogP contribution in [0.4, 0.5) is 10.1 Å². The zero-order chi connectivity index (χ0) is 36.2. The number of nitrogens with one attached hydrogen (secondary N) is 2. The van der Waals surface area contributed by atoms with E-state index in [0.717, 1.165) is 18.2 Å². The van der Waals surface area contributed by atoms with Gasteiger partial charge < -0.3 is 15.0 Å². The van der Waals surface area contributed by atoms with E-state index >= 15 is 4.39 Å². The maximum Gasteiger partial charge on any atom is 0.255 e. The normalized spacial score (nSPS) is 31.4. The van der Waals surface area contributed by atoms with E-state index in [0.29, 0.717) is 0 Å². The van der Waals surface area contributed by atoms with Crippen molar-refractivity contribution in [3.8, 4) is 0 Å². The van der Waals surface area contributed by atoms with E-state index < -0.39 is 89.7 Å². The van der Waals surface area contributed by atoms with Gasteiger partial charge in [-0.25, -0.2) is 4.39 Å². The highest BCUT2D eigenvalue weighted by atomic mass is 19.1. The molecule has 0 aromatic heterocycles. The molecule has 2 aromatic rings. The Morgan fingerprint density at radius 3 is 2.63 bits per heavy atom. The molecule has 3 heterocycles. The SMILES string of the molecule is [2H]C([2H])(Nc1cccc2c1C([2H])([2H])N(C1C(=O)NC(=O)C([2H])([2H])C1([2H])[2H])C2=O)c1cc(C([2H])([2H])N2CC(C)(C)OC(C)(C)C2)ccc1F. The van der Waals surface area contributed by atoms with E-state index in [2.05, 4.69) is 5.32 Å². The molecule has 0 bridgehead atoms. The molecule has 3 aliphatic heterocycles. The van der Waals surface area contributed by atoms with E-state index in [9.17, 15) is 14.4 Å². The highest BCUT2D eigenvalue weighted by Crippen LogP contribution is 2.33. The summed E-state index contributed by atoms with van der Waals surface area (Å²) < 4.78 is 107. The molecule has 0 saturated carbocycles. The van der Waals surface area contributed by atoms with Crippen LogP contribution in [0.5, 0.6) is 0 Å². The van der Waals surface area contributed by atoms with Crippen LogP contribution in [0.15, 0.2) is 36.4 Å². The first-order valence-electron chi connectivity index (χ1n) is 17.0. The molecule has 2 aromatic carbocycles. The second kappa shape index (κ2) is 9.78. The lowest BCUT2D eigenvalue weighted by atomic mass is 9.98. The number of hydrogen-bond donors (Lipinski definition) is 2. The quantitative estimate of drug-likeness (QED) is 0.553. The lowest BCUT2D eigenvalue weighted by molar-refractivity contribution is -0.182. The number of anilines is 1. The highest BCUT2D eigenvalue weighted by Gasteiger charge is 2.40. The van der Waals surface area contributed by atoms with Gasteiger partial charge in [0.15, 0.2) is 0 Å². The first kappa shape index (κ1) is 16.6. The maximum absolute atomic E-state index is 15.3. The van der Waals surface area contributed by atoms with Gasteiger partial charge in [0, 0.05) is 69.6 Å². The number of benzene rings is 2. The number of rotatable bonds is 6. The van der Waals surface area contributed by atoms with Crippen molar-refractivity contribution in [2.24, 2.45) is 0 Å². The molecule has 38 heavy (non-hydrogen) atoms. The number of ether oxygens (including phenoxy) is 1. The molecule has 202 valence electrons. The van der Waals surface area contributed by atoms with Crippen LogP contribution in [-0.4, -0.2) is 57.9 Å². The number of carbonyl (C=O) groups excluding carboxylic acids is 3. The molecule has 0 radical (unpaired) electrons. The molecule has 0 spiro atoms. The van der Waals surface area contributed by atoms with Crippen molar-refractivity contribution in [1.82, 2.24) is 15.1 Å². The molecule has 2 N–H and O–H groups in total. The minimum absolute atomic E-state index is 0.0672. The van der Waals surface area contributed by atoms with Crippen molar-refractivity contribution in [3.05, 3.63) is 64.5 Å². The third-order valence-corrected chi connectivity index (χ3v) is 6.09. The largest absolute Gasteiger partial charge is 0.381 e. The number of amides is 3. The molecule has 2 fully saturated rings. The molecule has 1 atom stereocenters. The van der Waals surface area contributed by atoms with Gasteiger partial charge in [0.25, 0.3) is 5.91 Å². The Morgan fingerprint density at radius 2 is 1.89 bits per heavy atom. The molecular weight excluding hydrogens is 487 g/mol. The summed E-state index contributed by atoms with van der Waals surface area (Å²) in [4.78, 5) is 40.2. The van der Waals surface area contributed by atoms with Gasteiger partial charge >= 0.3 is 0 Å². The summed E-state index contributed by atoms with van der Waals surface area (Å²) in [5, 5.41) is 4.07. The summed E-state index contributed by atoms with van der Waals surface area (Å²) >= 11 is 0. The van der Waals surface area contributed by atoms with Crippen LogP contribution >= 0.6 is 0 Å². The van der Waals surface area contributed by atoms with Crippen molar-refractivity contribution in [2.45, 2.75) is 77.2 Å². The van der Waals surface area contributed by atoms with Gasteiger partial charge in [0.05, 0.1) is 16.7 Å². The van der Waals surface area contributed by atoms with Gasteiger partial charge in [-0.2, -0.15) is 0 Å². The summed E-state index contributed by atoms with van der Waals surface area (Å²) in [6.45, 7) is -0.555. The Kier molecular flexibility index (Phi) is 4.28. The topological polar surface area (TPSA) is 91.0 Å². The van der Waals surface area contributed by atoms with Crippen LogP contribution in [0, 0.1) is 5.82 Å². The van der Waals surface area contributed by atoms with E-state index in [1.165, 1.54) is 23.1 Å². The van der Waals surface area contributed by atoms with Crippen molar-refractivity contribution >= 4 is 23.4 Å². The number of fused-ring (bicyclic) bond motifs is 1. The van der Waals surface area contributed by atoms with Gasteiger partial charge in [-0.1, -0.05) is 12.1 Å². The van der Waals surface area contributed by atoms with Crippen LogP contribution in [0.3, 0.4) is 0 Å². The molecule has 8 nitrogen and oxygen atoms in total.